The number of aryl methyl sites for hydroxylation is 1. The largest absolute Gasteiger partial charge is 0.432 e. The fraction of sp³-hybridized carbons (Fsp3) is 0.375. The number of nitrogens with one attached hydrogen (secondary N) is 2. The van der Waals surface area contributed by atoms with E-state index in [9.17, 15) is 22.8 Å². The highest BCUT2D eigenvalue weighted by molar-refractivity contribution is 6.01. The molecule has 6 nitrogen and oxygen atoms in total. The molecule has 0 fully saturated rings. The van der Waals surface area contributed by atoms with Crippen LogP contribution in [0.3, 0.4) is 0 Å². The van der Waals surface area contributed by atoms with Crippen molar-refractivity contribution in [3.8, 4) is 0 Å². The Morgan fingerprint density at radius 2 is 1.96 bits per heavy atom. The van der Waals surface area contributed by atoms with Crippen LogP contribution in [0.5, 0.6) is 0 Å². The molecule has 1 atom stereocenters. The first-order chi connectivity index (χ1) is 11.5. The summed E-state index contributed by atoms with van der Waals surface area (Å²) in [6, 6.07) is 3.19. The maximum absolute atomic E-state index is 13.0. The lowest BCUT2D eigenvalue weighted by Gasteiger charge is -2.29. The maximum Gasteiger partial charge on any atom is 0.432 e. The molecule has 2 amide bonds. The highest BCUT2D eigenvalue weighted by Gasteiger charge is 2.43. The first-order valence-electron chi connectivity index (χ1n) is 7.57. The Hall–Kier alpha value is -2.71. The van der Waals surface area contributed by atoms with Crippen LogP contribution >= 0.6 is 0 Å². The predicted molar refractivity (Wildman–Crippen MR) is 86.5 cm³/mol. The number of nitrogens with two attached hydrogens (primary N) is 1. The summed E-state index contributed by atoms with van der Waals surface area (Å²) in [7, 11) is 0. The minimum atomic E-state index is -4.68. The van der Waals surface area contributed by atoms with Crippen LogP contribution in [0.25, 0.3) is 0 Å². The van der Waals surface area contributed by atoms with E-state index in [0.717, 1.165) is 5.01 Å². The van der Waals surface area contributed by atoms with Gasteiger partial charge < -0.3 is 11.1 Å². The molecule has 0 aromatic heterocycles. The number of carbonyl (C=O) groups excluding carboxylic acids is 2. The summed E-state index contributed by atoms with van der Waals surface area (Å²) in [5.41, 5.74) is 7.14. The summed E-state index contributed by atoms with van der Waals surface area (Å²) in [6.45, 7) is 5.15. The fourth-order valence-corrected chi connectivity index (χ4v) is 2.53. The number of benzene rings is 1. The molecule has 0 saturated carbocycles. The van der Waals surface area contributed by atoms with Gasteiger partial charge in [-0.1, -0.05) is 12.1 Å². The number of rotatable bonds is 4. The number of nitrogens with zero attached hydrogens (tertiary/aromatic N) is 1. The Labute approximate surface area is 142 Å². The first kappa shape index (κ1) is 18.6. The molecule has 9 heteroatoms. The molecule has 0 radical (unpaired) electrons. The van der Waals surface area contributed by atoms with E-state index < -0.39 is 29.7 Å². The molecule has 1 aromatic rings. The first-order valence-corrected chi connectivity index (χ1v) is 7.57. The van der Waals surface area contributed by atoms with Gasteiger partial charge in [0.1, 0.15) is 11.7 Å². The van der Waals surface area contributed by atoms with Gasteiger partial charge in [-0.15, -0.1) is 0 Å². The number of para-hydroxylation sites is 1. The quantitative estimate of drug-likeness (QED) is 0.767. The third-order valence-corrected chi connectivity index (χ3v) is 3.58. The fourth-order valence-electron chi connectivity index (χ4n) is 2.53. The van der Waals surface area contributed by atoms with Gasteiger partial charge in [0.2, 0.25) is 5.91 Å². The number of halogens is 3. The molecule has 1 aliphatic rings. The molecule has 1 heterocycles. The molecule has 25 heavy (non-hydrogen) atoms. The van der Waals surface area contributed by atoms with Crippen molar-refractivity contribution in [1.29, 1.82) is 0 Å². The average Bonchev–Trinajstić information content (AvgIpc) is 2.91. The van der Waals surface area contributed by atoms with Gasteiger partial charge in [0, 0.05) is 6.04 Å². The van der Waals surface area contributed by atoms with Crippen molar-refractivity contribution in [3.63, 3.8) is 0 Å². The van der Waals surface area contributed by atoms with Crippen LogP contribution in [-0.4, -0.2) is 30.1 Å². The zero-order chi connectivity index (χ0) is 18.9. The Morgan fingerprint density at radius 1 is 1.32 bits per heavy atom. The third-order valence-electron chi connectivity index (χ3n) is 3.58. The molecule has 136 valence electrons. The standard InChI is InChI=1S/C16H19F3N4O2/c1-8(2)21-15(25)10-6-4-5-9(3)13(10)23-11(14(20)24)7-12(22-23)16(17,18)19/h4-8,11,22H,1-3H3,(H2,20,24)(H,21,25). The minimum Gasteiger partial charge on any atom is -0.368 e. The van der Waals surface area contributed by atoms with E-state index in [2.05, 4.69) is 10.7 Å². The van der Waals surface area contributed by atoms with E-state index in [0.29, 0.717) is 11.6 Å². The second kappa shape index (κ2) is 6.66. The number of allylic oxidation sites excluding steroid dienone is 1. The molecule has 0 saturated heterocycles. The second-order valence-electron chi connectivity index (χ2n) is 6.01. The summed E-state index contributed by atoms with van der Waals surface area (Å²) >= 11 is 0. The number of hydrazine groups is 1. The minimum absolute atomic E-state index is 0.143. The zero-order valence-electron chi connectivity index (χ0n) is 13.9. The van der Waals surface area contributed by atoms with Crippen molar-refractivity contribution in [2.24, 2.45) is 5.73 Å². The van der Waals surface area contributed by atoms with Crippen LogP contribution in [0.15, 0.2) is 30.0 Å². The van der Waals surface area contributed by atoms with Gasteiger partial charge in [-0.05, 0) is 38.5 Å². The van der Waals surface area contributed by atoms with E-state index in [1.807, 2.05) is 0 Å². The van der Waals surface area contributed by atoms with Crippen LogP contribution < -0.4 is 21.5 Å². The van der Waals surface area contributed by atoms with Crippen molar-refractivity contribution in [1.82, 2.24) is 10.7 Å². The monoisotopic (exact) mass is 356 g/mol. The number of alkyl halides is 3. The summed E-state index contributed by atoms with van der Waals surface area (Å²) in [5.74, 6) is -1.43. The van der Waals surface area contributed by atoms with Gasteiger partial charge >= 0.3 is 6.18 Å². The Kier molecular flexibility index (Phi) is 4.96. The highest BCUT2D eigenvalue weighted by Crippen LogP contribution is 2.34. The van der Waals surface area contributed by atoms with Crippen molar-refractivity contribution in [2.75, 3.05) is 5.01 Å². The van der Waals surface area contributed by atoms with Crippen molar-refractivity contribution in [3.05, 3.63) is 41.1 Å². The zero-order valence-corrected chi connectivity index (χ0v) is 13.9. The maximum atomic E-state index is 13.0. The van der Waals surface area contributed by atoms with E-state index in [1.165, 1.54) is 6.07 Å². The summed E-state index contributed by atoms with van der Waals surface area (Å²) in [4.78, 5) is 24.1. The molecule has 1 unspecified atom stereocenters. The Morgan fingerprint density at radius 3 is 2.48 bits per heavy atom. The predicted octanol–water partition coefficient (Wildman–Crippen LogP) is 1.76. The number of amides is 2. The lowest BCUT2D eigenvalue weighted by molar-refractivity contribution is -0.118. The van der Waals surface area contributed by atoms with Crippen LogP contribution in [0.1, 0.15) is 29.8 Å². The Bertz CT molecular complexity index is 729. The highest BCUT2D eigenvalue weighted by atomic mass is 19.4. The van der Waals surface area contributed by atoms with E-state index in [4.69, 9.17) is 5.73 Å². The lowest BCUT2D eigenvalue weighted by Crippen LogP contribution is -2.48. The third kappa shape index (κ3) is 3.86. The van der Waals surface area contributed by atoms with E-state index in [-0.39, 0.29) is 17.3 Å². The van der Waals surface area contributed by atoms with Crippen LogP contribution in [-0.2, 0) is 4.79 Å². The molecule has 0 spiro atoms. The smallest absolute Gasteiger partial charge is 0.368 e. The summed E-state index contributed by atoms with van der Waals surface area (Å²) < 4.78 is 39.1. The van der Waals surface area contributed by atoms with Crippen LogP contribution in [0, 0.1) is 6.92 Å². The van der Waals surface area contributed by atoms with Gasteiger partial charge in [-0.2, -0.15) is 13.2 Å². The molecule has 0 bridgehead atoms. The molecular formula is C16H19F3N4O2. The summed E-state index contributed by atoms with van der Waals surface area (Å²) in [6.07, 6.45) is -3.97. The topological polar surface area (TPSA) is 87.5 Å². The van der Waals surface area contributed by atoms with Gasteiger partial charge in [-0.25, -0.2) is 0 Å². The number of hydrogen-bond acceptors (Lipinski definition) is 4. The number of primary amides is 1. The molecule has 2 rings (SSSR count). The van der Waals surface area contributed by atoms with Crippen molar-refractivity contribution in [2.45, 2.75) is 39.0 Å². The number of carbonyl (C=O) groups is 2. The van der Waals surface area contributed by atoms with E-state index in [1.54, 1.807) is 32.9 Å². The average molecular weight is 356 g/mol. The van der Waals surface area contributed by atoms with Crippen molar-refractivity contribution >= 4 is 17.5 Å². The molecule has 0 aliphatic carbocycles. The normalized spacial score (nSPS) is 17.3. The van der Waals surface area contributed by atoms with Gasteiger partial charge in [0.15, 0.2) is 0 Å². The Balaban J connectivity index is 2.51. The van der Waals surface area contributed by atoms with Crippen LogP contribution in [0.2, 0.25) is 0 Å². The van der Waals surface area contributed by atoms with Crippen molar-refractivity contribution < 1.29 is 22.8 Å². The number of hydrogen-bond donors (Lipinski definition) is 3. The summed E-state index contributed by atoms with van der Waals surface area (Å²) in [5, 5.41) is 3.67. The van der Waals surface area contributed by atoms with Crippen LogP contribution in [0.4, 0.5) is 18.9 Å². The molecule has 1 aromatic carbocycles. The SMILES string of the molecule is Cc1cccc(C(=O)NC(C)C)c1N1NC(C(F)(F)F)=CC1C(N)=O. The molecular weight excluding hydrogens is 337 g/mol. The van der Waals surface area contributed by atoms with Gasteiger partial charge in [0.25, 0.3) is 5.91 Å². The van der Waals surface area contributed by atoms with Gasteiger partial charge in [-0.3, -0.25) is 20.0 Å². The second-order valence-corrected chi connectivity index (χ2v) is 6.01. The number of anilines is 1. The molecule has 4 N–H and O–H groups in total. The molecule has 1 aliphatic heterocycles. The van der Waals surface area contributed by atoms with Gasteiger partial charge in [0.05, 0.1) is 11.3 Å². The van der Waals surface area contributed by atoms with E-state index >= 15 is 0 Å². The lowest BCUT2D eigenvalue weighted by atomic mass is 10.1.